The Morgan fingerprint density at radius 1 is 0.918 bits per heavy atom. The molecule has 0 aliphatic heterocycles. The van der Waals surface area contributed by atoms with Crippen LogP contribution in [0.4, 0.5) is 22.1 Å². The van der Waals surface area contributed by atoms with Crippen LogP contribution in [0.15, 0.2) is 58.8 Å². The van der Waals surface area contributed by atoms with Gasteiger partial charge < -0.3 is 28.3 Å². The van der Waals surface area contributed by atoms with Crippen molar-refractivity contribution in [3.8, 4) is 6.07 Å². The van der Waals surface area contributed by atoms with E-state index in [0.29, 0.717) is 73.0 Å². The summed E-state index contributed by atoms with van der Waals surface area (Å²) >= 11 is 1.19. The fourth-order valence-corrected chi connectivity index (χ4v) is 6.05. The first-order valence-corrected chi connectivity index (χ1v) is 17.9. The van der Waals surface area contributed by atoms with Crippen molar-refractivity contribution < 1.29 is 23.4 Å². The fourth-order valence-electron chi connectivity index (χ4n) is 5.18. The summed E-state index contributed by atoms with van der Waals surface area (Å²) in [6.07, 6.45) is 2.32. The summed E-state index contributed by atoms with van der Waals surface area (Å²) in [5.41, 5.74) is 4.88. The van der Waals surface area contributed by atoms with Gasteiger partial charge in [0.25, 0.3) is 0 Å². The Hall–Kier alpha value is -3.68. The Balaban J connectivity index is 1.47. The topological polar surface area (TPSA) is 93.0 Å². The third-order valence-corrected chi connectivity index (χ3v) is 9.36. The highest BCUT2D eigenvalue weighted by atomic mass is 32.1. The fraction of sp³-hybridized carbons (Fsp3) is 0.526. The number of quaternary nitrogens is 1. The molecule has 3 rings (SSSR count). The van der Waals surface area contributed by atoms with Gasteiger partial charge in [-0.1, -0.05) is 43.7 Å². The van der Waals surface area contributed by atoms with E-state index in [1.165, 1.54) is 30.7 Å². The number of anilines is 1. The molecule has 1 aromatic heterocycles. The summed E-state index contributed by atoms with van der Waals surface area (Å²) in [5.74, 6) is 0. The van der Waals surface area contributed by atoms with Gasteiger partial charge in [-0.05, 0) is 62.1 Å². The summed E-state index contributed by atoms with van der Waals surface area (Å²) in [6, 6.07) is 18.5. The first-order chi connectivity index (χ1) is 23.7. The lowest BCUT2D eigenvalue weighted by Gasteiger charge is -2.29. The van der Waals surface area contributed by atoms with Crippen LogP contribution in [0.2, 0.25) is 0 Å². The normalized spacial score (nSPS) is 12.2. The Labute approximate surface area is 297 Å². The van der Waals surface area contributed by atoms with Gasteiger partial charge in [-0.25, -0.2) is 4.85 Å². The van der Waals surface area contributed by atoms with Crippen LogP contribution in [-0.2, 0) is 18.9 Å². The molecule has 11 heteroatoms. The van der Waals surface area contributed by atoms with Crippen molar-refractivity contribution in [1.82, 2.24) is 0 Å². The minimum absolute atomic E-state index is 0.146. The standard InChI is InChI=1S/C38H53N6O4S/c1-8-10-18-44(6,7)19-20-45-21-22-46-23-24-47-25-26-48-35(32-14-12-11-13-15-32)29-43(9-2)33-16-17-34(30(3)27-33)41-42-38-37(40-5)31(4)36(28-39)49-38/h11-17,27,35H,8-10,18-26,29H2,1-4,6-7H3/q+1/b42-41+. The van der Waals surface area contributed by atoms with Gasteiger partial charge in [0.05, 0.1) is 84.0 Å². The van der Waals surface area contributed by atoms with Crippen LogP contribution in [0.3, 0.4) is 0 Å². The first kappa shape index (κ1) is 39.8. The highest BCUT2D eigenvalue weighted by molar-refractivity contribution is 7.17. The van der Waals surface area contributed by atoms with E-state index in [0.717, 1.165) is 41.0 Å². The molecule has 2 aromatic carbocycles. The third-order valence-electron chi connectivity index (χ3n) is 8.29. The number of hydrogen-bond acceptors (Lipinski definition) is 9. The first-order valence-electron chi connectivity index (χ1n) is 17.1. The monoisotopic (exact) mass is 689 g/mol. The molecule has 0 aliphatic carbocycles. The molecular weight excluding hydrogens is 637 g/mol. The van der Waals surface area contributed by atoms with Gasteiger partial charge in [-0.15, -0.1) is 11.3 Å². The molecule has 49 heavy (non-hydrogen) atoms. The SMILES string of the molecule is [C-]#[N+]c1c(/N=N/c2ccc(N(CC)CC(OCCOCCOCCOCC[N+](C)(C)CCCC)c3ccccc3)cc2C)sc(C#N)c1C. The lowest BCUT2D eigenvalue weighted by atomic mass is 10.1. The van der Waals surface area contributed by atoms with Gasteiger partial charge in [0, 0.05) is 18.8 Å². The lowest BCUT2D eigenvalue weighted by Crippen LogP contribution is -2.43. The highest BCUT2D eigenvalue weighted by Crippen LogP contribution is 2.42. The number of thiophene rings is 1. The molecule has 0 spiro atoms. The van der Waals surface area contributed by atoms with E-state index in [1.807, 2.05) is 37.3 Å². The number of likely N-dealkylation sites (N-methyl/N-ethyl adjacent to an activating group) is 2. The summed E-state index contributed by atoms with van der Waals surface area (Å²) < 4.78 is 24.6. The molecule has 3 aromatic rings. The Morgan fingerprint density at radius 2 is 1.59 bits per heavy atom. The molecule has 0 saturated carbocycles. The summed E-state index contributed by atoms with van der Waals surface area (Å²) in [4.78, 5) is 6.33. The van der Waals surface area contributed by atoms with E-state index in [1.54, 1.807) is 6.92 Å². The van der Waals surface area contributed by atoms with Crippen molar-refractivity contribution in [3.63, 3.8) is 0 Å². The summed E-state index contributed by atoms with van der Waals surface area (Å²) in [5, 5.41) is 18.6. The minimum Gasteiger partial charge on any atom is -0.377 e. The maximum absolute atomic E-state index is 9.34. The maximum Gasteiger partial charge on any atom is 0.229 e. The second kappa shape index (κ2) is 21.4. The van der Waals surface area contributed by atoms with Gasteiger partial charge in [0.2, 0.25) is 5.69 Å². The Morgan fingerprint density at radius 3 is 2.20 bits per heavy atom. The zero-order chi connectivity index (χ0) is 35.5. The van der Waals surface area contributed by atoms with Gasteiger partial charge in [-0.3, -0.25) is 0 Å². The zero-order valence-corrected chi connectivity index (χ0v) is 30.9. The van der Waals surface area contributed by atoms with Gasteiger partial charge in [-0.2, -0.15) is 15.5 Å². The number of nitrogens with zero attached hydrogens (tertiary/aromatic N) is 6. The molecular formula is C38H53N6O4S+. The van der Waals surface area contributed by atoms with Crippen molar-refractivity contribution in [2.75, 3.05) is 91.4 Å². The van der Waals surface area contributed by atoms with E-state index in [2.05, 4.69) is 72.2 Å². The number of rotatable bonds is 23. The smallest absolute Gasteiger partial charge is 0.229 e. The van der Waals surface area contributed by atoms with Crippen molar-refractivity contribution >= 4 is 33.4 Å². The number of nitriles is 1. The number of azo groups is 1. The molecule has 1 atom stereocenters. The van der Waals surface area contributed by atoms with Crippen LogP contribution >= 0.6 is 11.3 Å². The van der Waals surface area contributed by atoms with Gasteiger partial charge >= 0.3 is 0 Å². The van der Waals surface area contributed by atoms with Crippen LogP contribution in [0.1, 0.15) is 54.4 Å². The number of benzene rings is 2. The number of unbranched alkanes of at least 4 members (excludes halogenated alkanes) is 1. The average Bonchev–Trinajstić information content (AvgIpc) is 3.42. The molecule has 1 unspecified atom stereocenters. The lowest BCUT2D eigenvalue weighted by molar-refractivity contribution is -0.890. The molecule has 264 valence electrons. The van der Waals surface area contributed by atoms with Crippen LogP contribution in [0.25, 0.3) is 4.85 Å². The van der Waals surface area contributed by atoms with E-state index in [4.69, 9.17) is 25.5 Å². The van der Waals surface area contributed by atoms with Crippen molar-refractivity contribution in [2.24, 2.45) is 10.2 Å². The Bertz CT molecular complexity index is 1530. The molecule has 0 N–H and O–H groups in total. The van der Waals surface area contributed by atoms with Gasteiger partial charge in [0.1, 0.15) is 23.7 Å². The average molecular weight is 690 g/mol. The molecule has 0 amide bonds. The number of aryl methyl sites for hydroxylation is 1. The van der Waals surface area contributed by atoms with E-state index < -0.39 is 0 Å². The largest absolute Gasteiger partial charge is 0.377 e. The van der Waals surface area contributed by atoms with Crippen LogP contribution in [0.5, 0.6) is 0 Å². The second-order valence-corrected chi connectivity index (χ2v) is 13.5. The summed E-state index contributed by atoms with van der Waals surface area (Å²) in [6.45, 7) is 23.1. The molecule has 0 fully saturated rings. The second-order valence-electron chi connectivity index (χ2n) is 12.5. The molecule has 0 radical (unpaired) electrons. The maximum atomic E-state index is 9.34. The number of hydrogen-bond donors (Lipinski definition) is 0. The minimum atomic E-state index is -0.146. The molecule has 0 aliphatic rings. The van der Waals surface area contributed by atoms with E-state index in [-0.39, 0.29) is 6.10 Å². The van der Waals surface area contributed by atoms with Crippen LogP contribution in [-0.4, -0.2) is 91.0 Å². The van der Waals surface area contributed by atoms with Crippen molar-refractivity contribution in [1.29, 1.82) is 5.26 Å². The van der Waals surface area contributed by atoms with Crippen molar-refractivity contribution in [3.05, 3.63) is 81.5 Å². The molecule has 0 bridgehead atoms. The van der Waals surface area contributed by atoms with Crippen LogP contribution in [0, 0.1) is 31.8 Å². The molecule has 10 nitrogen and oxygen atoms in total. The van der Waals surface area contributed by atoms with Gasteiger partial charge in [0.15, 0.2) is 0 Å². The predicted octanol–water partition coefficient (Wildman–Crippen LogP) is 8.71. The van der Waals surface area contributed by atoms with Crippen molar-refractivity contribution in [2.45, 2.75) is 46.6 Å². The zero-order valence-electron chi connectivity index (χ0n) is 30.1. The quantitative estimate of drug-likeness (QED) is 0.0428. The van der Waals surface area contributed by atoms with Crippen LogP contribution < -0.4 is 4.90 Å². The summed E-state index contributed by atoms with van der Waals surface area (Å²) in [7, 11) is 4.51. The highest BCUT2D eigenvalue weighted by Gasteiger charge is 2.18. The molecule has 1 heterocycles. The van der Waals surface area contributed by atoms with E-state index >= 15 is 0 Å². The number of ether oxygens (including phenoxy) is 4. The predicted molar refractivity (Wildman–Crippen MR) is 198 cm³/mol. The van der Waals surface area contributed by atoms with E-state index in [9.17, 15) is 5.26 Å². The Kier molecular flexibility index (Phi) is 17.4. The molecule has 0 saturated heterocycles. The third kappa shape index (κ3) is 13.3.